The van der Waals surface area contributed by atoms with Crippen molar-refractivity contribution in [2.45, 2.75) is 39.2 Å². The molecule has 0 atom stereocenters. The summed E-state index contributed by atoms with van der Waals surface area (Å²) in [4.78, 5) is 10.5. The highest BCUT2D eigenvalue weighted by atomic mass is 32.3. The largest absolute Gasteiger partial charge is 0.454 e. The molecular weight excluding hydrogens is 585 g/mol. The van der Waals surface area contributed by atoms with Crippen molar-refractivity contribution >= 4 is 20.1 Å². The fraction of sp³-hybridized carbons (Fsp3) is 0. The third kappa shape index (κ3) is 3.60. The van der Waals surface area contributed by atoms with Crippen molar-refractivity contribution in [2.75, 3.05) is 0 Å². The third-order valence-electron chi connectivity index (χ3n) is 9.01. The Hall–Kier alpha value is -4.96. The normalized spacial score (nSPS) is 16.2. The summed E-state index contributed by atoms with van der Waals surface area (Å²) < 4.78 is 7.17. The molecule has 0 amide bonds. The van der Waals surface area contributed by atoms with Crippen LogP contribution in [-0.4, -0.2) is 0 Å². The minimum Gasteiger partial charge on any atom is -0.454 e. The van der Waals surface area contributed by atoms with Crippen molar-refractivity contribution in [1.29, 1.82) is 0 Å². The fourth-order valence-electron chi connectivity index (χ4n) is 7.26. The van der Waals surface area contributed by atoms with Gasteiger partial charge in [0.05, 0.1) is 0 Å². The van der Waals surface area contributed by atoms with Crippen molar-refractivity contribution in [1.82, 2.24) is 0 Å². The first kappa shape index (κ1) is 26.4. The predicted molar refractivity (Wildman–Crippen MR) is 185 cm³/mol. The highest BCUT2D eigenvalue weighted by molar-refractivity contribution is 8.34. The van der Waals surface area contributed by atoms with Gasteiger partial charge in [0, 0.05) is 44.7 Å². The first-order chi connectivity index (χ1) is 22.3. The van der Waals surface area contributed by atoms with Gasteiger partial charge in [-0.1, -0.05) is 103 Å². The van der Waals surface area contributed by atoms with E-state index in [0.717, 1.165) is 11.5 Å². The van der Waals surface area contributed by atoms with Gasteiger partial charge in [0.2, 0.25) is 0 Å². The van der Waals surface area contributed by atoms with E-state index in [4.69, 9.17) is 4.74 Å². The maximum absolute atomic E-state index is 7.17. The van der Waals surface area contributed by atoms with Gasteiger partial charge < -0.3 is 4.74 Å². The van der Waals surface area contributed by atoms with Crippen molar-refractivity contribution in [2.24, 2.45) is 0 Å². The summed E-state index contributed by atoms with van der Waals surface area (Å²) >= 11 is 0. The monoisotopic (exact) mass is 614 g/mol. The van der Waals surface area contributed by atoms with E-state index in [1.807, 2.05) is 0 Å². The average Bonchev–Trinajstić information content (AvgIpc) is 3.44. The third-order valence-corrected chi connectivity index (χ3v) is 16.9. The Labute approximate surface area is 267 Å². The molecule has 0 aliphatic carbocycles. The molecule has 0 radical (unpaired) electrons. The molecule has 0 aromatic heterocycles. The summed E-state index contributed by atoms with van der Waals surface area (Å²) in [5.41, 5.74) is 2.49. The zero-order chi connectivity index (χ0) is 29.8. The molecule has 216 valence electrons. The molecule has 0 unspecified atom stereocenters. The van der Waals surface area contributed by atoms with Gasteiger partial charge in [-0.2, -0.15) is 0 Å². The van der Waals surface area contributed by atoms with E-state index in [9.17, 15) is 0 Å². The van der Waals surface area contributed by atoms with Crippen molar-refractivity contribution < 1.29 is 4.74 Å². The lowest BCUT2D eigenvalue weighted by molar-refractivity contribution is 0.452. The van der Waals surface area contributed by atoms with Gasteiger partial charge in [-0.15, -0.1) is 20.1 Å². The van der Waals surface area contributed by atoms with E-state index in [2.05, 4.69) is 182 Å². The summed E-state index contributed by atoms with van der Waals surface area (Å²) in [5, 5.41) is 0. The average molecular weight is 615 g/mol. The quantitative estimate of drug-likeness (QED) is 0.192. The van der Waals surface area contributed by atoms with E-state index in [1.165, 1.54) is 50.3 Å². The molecular formula is C42H30OS2. The molecule has 0 fully saturated rings. The Balaban J connectivity index is 1.46. The van der Waals surface area contributed by atoms with Crippen LogP contribution in [0.15, 0.2) is 221 Å². The number of hydrogen-bond donors (Lipinski definition) is 0. The van der Waals surface area contributed by atoms with E-state index in [-0.39, 0.29) is 0 Å². The Morgan fingerprint density at radius 1 is 0.311 bits per heavy atom. The molecule has 3 heteroatoms. The molecule has 0 saturated carbocycles. The van der Waals surface area contributed by atoms with Gasteiger partial charge in [-0.3, -0.25) is 0 Å². The summed E-state index contributed by atoms with van der Waals surface area (Å²) in [7, 11) is -3.67. The van der Waals surface area contributed by atoms with Gasteiger partial charge in [-0.25, -0.2) is 0 Å². The number of benzene rings is 7. The number of rotatable bonds is 4. The van der Waals surface area contributed by atoms with Crippen LogP contribution in [0.5, 0.6) is 11.5 Å². The highest BCUT2D eigenvalue weighted by Gasteiger charge is 2.48. The molecule has 0 bridgehead atoms. The molecule has 0 spiro atoms. The lowest BCUT2D eigenvalue weighted by Crippen LogP contribution is -2.12. The Morgan fingerprint density at radius 2 is 0.711 bits per heavy atom. The zero-order valence-electron chi connectivity index (χ0n) is 24.5. The minimum absolute atomic E-state index is 0.936. The molecule has 9 rings (SSSR count). The second kappa shape index (κ2) is 10.3. The summed E-state index contributed by atoms with van der Waals surface area (Å²) in [6.07, 6.45) is 0. The van der Waals surface area contributed by atoms with Crippen LogP contribution in [0.25, 0.3) is 11.1 Å². The van der Waals surface area contributed by atoms with Crippen molar-refractivity contribution in [3.63, 3.8) is 0 Å². The van der Waals surface area contributed by atoms with Crippen molar-refractivity contribution in [3.8, 4) is 22.6 Å². The van der Waals surface area contributed by atoms with E-state index in [0.29, 0.717) is 0 Å². The smallest absolute Gasteiger partial charge is 0.149 e. The van der Waals surface area contributed by atoms with Crippen LogP contribution < -0.4 is 4.74 Å². The molecule has 2 heterocycles. The molecule has 7 aromatic rings. The SMILES string of the molecule is c1ccc(S2(c3ccccc3)c3ccccc3Oc3c2ccc2c3-c3ccccc3S2(c2ccccc2)c2ccccc2)cc1. The number of ether oxygens (including phenoxy) is 1. The van der Waals surface area contributed by atoms with E-state index in [1.54, 1.807) is 0 Å². The molecule has 2 aliphatic rings. The van der Waals surface area contributed by atoms with Crippen LogP contribution in [0.2, 0.25) is 0 Å². The van der Waals surface area contributed by atoms with Crippen LogP contribution in [0.4, 0.5) is 0 Å². The fourth-order valence-corrected chi connectivity index (χ4v) is 15.5. The standard InChI is InChI=1S/C42H30OS2/c1-5-17-31(18-6-1)44(32-19-7-2-8-20-32)37-27-15-13-25-35(37)41-39(44)29-30-40-42(41)43-36-26-14-16-28-38(36)45(40,33-21-9-3-10-22-33)34-23-11-4-12-24-34/h1-30H. The van der Waals surface area contributed by atoms with Crippen molar-refractivity contribution in [3.05, 3.63) is 182 Å². The zero-order valence-corrected chi connectivity index (χ0v) is 26.2. The molecule has 45 heavy (non-hydrogen) atoms. The lowest BCUT2D eigenvalue weighted by atomic mass is 10.0. The van der Waals surface area contributed by atoms with Crippen LogP contribution in [0.1, 0.15) is 0 Å². The summed E-state index contributed by atoms with van der Waals surface area (Å²) in [6.45, 7) is 0. The minimum atomic E-state index is -1.88. The molecule has 1 nitrogen and oxygen atoms in total. The molecule has 2 aliphatic heterocycles. The topological polar surface area (TPSA) is 9.23 Å². The first-order valence-electron chi connectivity index (χ1n) is 15.2. The number of para-hydroxylation sites is 1. The van der Waals surface area contributed by atoms with Gasteiger partial charge >= 0.3 is 0 Å². The Bertz CT molecular complexity index is 2100. The lowest BCUT2D eigenvalue weighted by Gasteiger charge is -2.46. The van der Waals surface area contributed by atoms with Gasteiger partial charge in [-0.05, 0) is 84.4 Å². The molecule has 7 aromatic carbocycles. The Kier molecular flexibility index (Phi) is 6.06. The van der Waals surface area contributed by atoms with Crippen LogP contribution in [-0.2, 0) is 0 Å². The molecule has 0 N–H and O–H groups in total. The predicted octanol–water partition coefficient (Wildman–Crippen LogP) is 12.5. The molecule has 0 saturated heterocycles. The van der Waals surface area contributed by atoms with E-state index < -0.39 is 20.1 Å². The van der Waals surface area contributed by atoms with Gasteiger partial charge in [0.15, 0.2) is 0 Å². The second-order valence-electron chi connectivity index (χ2n) is 11.3. The second-order valence-corrected chi connectivity index (χ2v) is 17.4. The maximum Gasteiger partial charge on any atom is 0.149 e. The Morgan fingerprint density at radius 3 is 1.24 bits per heavy atom. The van der Waals surface area contributed by atoms with Crippen LogP contribution in [0.3, 0.4) is 0 Å². The van der Waals surface area contributed by atoms with Gasteiger partial charge in [0.1, 0.15) is 11.5 Å². The van der Waals surface area contributed by atoms with Crippen LogP contribution in [0, 0.1) is 0 Å². The van der Waals surface area contributed by atoms with E-state index >= 15 is 0 Å². The highest BCUT2D eigenvalue weighted by Crippen LogP contribution is 2.85. The number of hydrogen-bond acceptors (Lipinski definition) is 1. The van der Waals surface area contributed by atoms with Crippen LogP contribution >= 0.6 is 20.1 Å². The first-order valence-corrected chi connectivity index (χ1v) is 18.5. The maximum atomic E-state index is 7.17. The summed E-state index contributed by atoms with van der Waals surface area (Å²) in [6, 6.07) is 66.9. The number of fused-ring (bicyclic) bond motifs is 6. The van der Waals surface area contributed by atoms with Gasteiger partial charge in [0.25, 0.3) is 0 Å². The summed E-state index contributed by atoms with van der Waals surface area (Å²) in [5.74, 6) is 1.92.